The zero-order valence-electron chi connectivity index (χ0n) is 24.2. The van der Waals surface area contributed by atoms with E-state index in [-0.39, 0.29) is 41.7 Å². The van der Waals surface area contributed by atoms with Gasteiger partial charge >= 0.3 is 23.9 Å². The lowest BCUT2D eigenvalue weighted by Crippen LogP contribution is -2.70. The summed E-state index contributed by atoms with van der Waals surface area (Å²) in [5.41, 5.74) is 0.938. The van der Waals surface area contributed by atoms with Crippen molar-refractivity contribution in [2.75, 3.05) is 12.4 Å². The zero-order chi connectivity index (χ0) is 32.8. The summed E-state index contributed by atoms with van der Waals surface area (Å²) in [5.74, 6) is -6.81. The van der Waals surface area contributed by atoms with E-state index in [4.69, 9.17) is 9.84 Å². The van der Waals surface area contributed by atoms with Crippen LogP contribution >= 0.6 is 11.8 Å². The number of carbonyl (C=O) groups is 7. The van der Waals surface area contributed by atoms with Gasteiger partial charge in [0.15, 0.2) is 0 Å². The van der Waals surface area contributed by atoms with Gasteiger partial charge in [-0.1, -0.05) is 32.9 Å². The fraction of sp³-hybridized carbons (Fsp3) is 0.414. The molecular weight excluding hydrogens is 598 g/mol. The second kappa shape index (κ2) is 14.2. The molecule has 2 heterocycles. The van der Waals surface area contributed by atoms with Crippen LogP contribution in [0.1, 0.15) is 56.0 Å². The van der Waals surface area contributed by atoms with E-state index in [0.717, 1.165) is 22.2 Å². The Labute approximate surface area is 256 Å². The highest BCUT2D eigenvalue weighted by Crippen LogP contribution is 2.40. The second-order valence-corrected chi connectivity index (χ2v) is 12.2. The molecule has 2 aliphatic rings. The number of β-lactam (4-membered cyclic amide) rings is 1. The van der Waals surface area contributed by atoms with Gasteiger partial charge in [-0.05, 0) is 36.0 Å². The number of esters is 1. The Bertz CT molecular complexity index is 1410. The van der Waals surface area contributed by atoms with Crippen LogP contribution in [-0.2, 0) is 38.9 Å². The van der Waals surface area contributed by atoms with Crippen molar-refractivity contribution in [1.82, 2.24) is 15.5 Å². The molecule has 0 bridgehead atoms. The maximum absolute atomic E-state index is 12.8. The molecule has 44 heavy (non-hydrogen) atoms. The standard InChI is InChI=1S/C29H33N3O11S/c1-29(2,3)17-9-7-15(8-10-17)24(37)30-18(27(39)40)5-4-6-19(33)31-22-25(38)32-23(28(41)42)16(14-44-26(22)32)13-43-21(36)12-11-20(34)35/h7-12,18,22,26H,4-6,13-14H2,1-3H3,(H,30,37)(H,31,33)(H,34,35)(H,39,40)(H,41,42)/t18?,22-,26+/m1/s1. The summed E-state index contributed by atoms with van der Waals surface area (Å²) in [6.45, 7) is 5.60. The van der Waals surface area contributed by atoms with Gasteiger partial charge in [0.25, 0.3) is 11.8 Å². The SMILES string of the molecule is CC(C)(C)c1ccc(C(=O)NC(CCCC(=O)N[C@@H]2C(=O)N3C(C(=O)O)=C(COC(=O)C=CC(=O)O)CS[C@@H]23)C(=O)O)cc1. The number of benzene rings is 1. The Kier molecular flexibility index (Phi) is 10.9. The lowest BCUT2D eigenvalue weighted by atomic mass is 9.86. The summed E-state index contributed by atoms with van der Waals surface area (Å²) in [4.78, 5) is 84.8. The molecule has 1 unspecified atom stereocenters. The lowest BCUT2D eigenvalue weighted by Gasteiger charge is -2.49. The van der Waals surface area contributed by atoms with Gasteiger partial charge in [0, 0.05) is 35.5 Å². The van der Waals surface area contributed by atoms with E-state index in [1.54, 1.807) is 24.3 Å². The van der Waals surface area contributed by atoms with E-state index in [9.17, 15) is 43.8 Å². The maximum atomic E-state index is 12.8. The molecule has 1 fully saturated rings. The van der Waals surface area contributed by atoms with Crippen LogP contribution in [0.15, 0.2) is 47.7 Å². The number of amides is 3. The molecule has 3 rings (SSSR count). The smallest absolute Gasteiger partial charge is 0.352 e. The van der Waals surface area contributed by atoms with Gasteiger partial charge < -0.3 is 30.7 Å². The first-order valence-electron chi connectivity index (χ1n) is 13.5. The van der Waals surface area contributed by atoms with Gasteiger partial charge in [0.2, 0.25) is 5.91 Å². The molecule has 5 N–H and O–H groups in total. The van der Waals surface area contributed by atoms with Crippen LogP contribution in [-0.4, -0.2) is 91.6 Å². The number of ether oxygens (including phenoxy) is 1. The number of aliphatic carboxylic acids is 3. The molecule has 0 aliphatic carbocycles. The van der Waals surface area contributed by atoms with E-state index in [0.29, 0.717) is 17.7 Å². The van der Waals surface area contributed by atoms with Crippen LogP contribution in [0.3, 0.4) is 0 Å². The minimum absolute atomic E-state index is 0.0485. The zero-order valence-corrected chi connectivity index (χ0v) is 25.0. The number of hydrogen-bond donors (Lipinski definition) is 5. The molecule has 15 heteroatoms. The number of carboxylic acids is 3. The molecule has 3 atom stereocenters. The minimum Gasteiger partial charge on any atom is -0.480 e. The Morgan fingerprint density at radius 1 is 1.07 bits per heavy atom. The van der Waals surface area contributed by atoms with Crippen molar-refractivity contribution in [2.24, 2.45) is 0 Å². The number of hydrogen-bond acceptors (Lipinski definition) is 9. The molecule has 0 saturated carbocycles. The molecule has 1 aromatic carbocycles. The third-order valence-corrected chi connectivity index (χ3v) is 8.17. The quantitative estimate of drug-likeness (QED) is 0.118. The number of fused-ring (bicyclic) bond motifs is 1. The third-order valence-electron chi connectivity index (χ3n) is 6.83. The average molecular weight is 632 g/mol. The number of carboxylic acid groups (broad SMARTS) is 3. The molecule has 0 radical (unpaired) electrons. The van der Waals surface area contributed by atoms with Crippen LogP contribution in [0.5, 0.6) is 0 Å². The third kappa shape index (κ3) is 8.46. The lowest BCUT2D eigenvalue weighted by molar-refractivity contribution is -0.151. The topological polar surface area (TPSA) is 217 Å². The molecule has 1 aromatic rings. The summed E-state index contributed by atoms with van der Waals surface area (Å²) in [6.07, 6.45) is 1.12. The summed E-state index contributed by atoms with van der Waals surface area (Å²) in [7, 11) is 0. The number of nitrogens with zero attached hydrogens (tertiary/aromatic N) is 1. The molecule has 2 aliphatic heterocycles. The average Bonchev–Trinajstić information content (AvgIpc) is 2.95. The summed E-state index contributed by atoms with van der Waals surface area (Å²) in [5, 5.41) is 32.1. The number of carbonyl (C=O) groups excluding carboxylic acids is 4. The molecule has 0 aromatic heterocycles. The summed E-state index contributed by atoms with van der Waals surface area (Å²) in [6, 6.07) is 4.57. The van der Waals surface area contributed by atoms with Crippen LogP contribution < -0.4 is 10.6 Å². The molecule has 0 spiro atoms. The van der Waals surface area contributed by atoms with E-state index >= 15 is 0 Å². The van der Waals surface area contributed by atoms with E-state index < -0.39 is 65.7 Å². The van der Waals surface area contributed by atoms with Crippen LogP contribution in [0.25, 0.3) is 0 Å². The Morgan fingerprint density at radius 2 is 1.73 bits per heavy atom. The normalized spacial score (nSPS) is 18.6. The summed E-state index contributed by atoms with van der Waals surface area (Å²) < 4.78 is 4.89. The van der Waals surface area contributed by atoms with Crippen LogP contribution in [0, 0.1) is 0 Å². The van der Waals surface area contributed by atoms with Gasteiger partial charge in [-0.15, -0.1) is 11.8 Å². The first-order valence-corrected chi connectivity index (χ1v) is 14.6. The van der Waals surface area contributed by atoms with E-state index in [1.165, 1.54) is 0 Å². The number of nitrogens with one attached hydrogen (secondary N) is 2. The van der Waals surface area contributed by atoms with Crippen molar-refractivity contribution < 1.29 is 53.6 Å². The predicted octanol–water partition coefficient (Wildman–Crippen LogP) is 1.26. The highest BCUT2D eigenvalue weighted by Gasteiger charge is 2.54. The van der Waals surface area contributed by atoms with Crippen molar-refractivity contribution >= 4 is 53.4 Å². The maximum Gasteiger partial charge on any atom is 0.352 e. The molecule has 3 amide bonds. The number of thioether (sulfide) groups is 1. The van der Waals surface area contributed by atoms with E-state index in [1.807, 2.05) is 20.8 Å². The molecular formula is C29H33N3O11S. The van der Waals surface area contributed by atoms with Crippen molar-refractivity contribution in [3.63, 3.8) is 0 Å². The minimum atomic E-state index is -1.44. The molecule has 1 saturated heterocycles. The number of rotatable bonds is 13. The highest BCUT2D eigenvalue weighted by molar-refractivity contribution is 8.00. The van der Waals surface area contributed by atoms with E-state index in [2.05, 4.69) is 10.6 Å². The summed E-state index contributed by atoms with van der Waals surface area (Å²) >= 11 is 1.15. The van der Waals surface area contributed by atoms with Gasteiger partial charge in [-0.2, -0.15) is 0 Å². The first-order chi connectivity index (χ1) is 20.6. The Hall–Kier alpha value is -4.66. The Balaban J connectivity index is 1.52. The highest BCUT2D eigenvalue weighted by atomic mass is 32.2. The monoisotopic (exact) mass is 631 g/mol. The van der Waals surface area contributed by atoms with Gasteiger partial charge in [-0.3, -0.25) is 19.3 Å². The van der Waals surface area contributed by atoms with Crippen molar-refractivity contribution in [1.29, 1.82) is 0 Å². The predicted molar refractivity (Wildman–Crippen MR) is 155 cm³/mol. The van der Waals surface area contributed by atoms with Gasteiger partial charge in [0.05, 0.1) is 0 Å². The van der Waals surface area contributed by atoms with Crippen LogP contribution in [0.2, 0.25) is 0 Å². The van der Waals surface area contributed by atoms with Gasteiger partial charge in [0.1, 0.15) is 29.8 Å². The largest absolute Gasteiger partial charge is 0.480 e. The van der Waals surface area contributed by atoms with Crippen molar-refractivity contribution in [3.8, 4) is 0 Å². The van der Waals surface area contributed by atoms with Gasteiger partial charge in [-0.25, -0.2) is 19.2 Å². The first kappa shape index (κ1) is 33.8. The fourth-order valence-corrected chi connectivity index (χ4v) is 5.80. The second-order valence-electron chi connectivity index (χ2n) is 11.1. The Morgan fingerprint density at radius 3 is 2.30 bits per heavy atom. The van der Waals surface area contributed by atoms with Crippen LogP contribution in [0.4, 0.5) is 0 Å². The molecule has 236 valence electrons. The fourth-order valence-electron chi connectivity index (χ4n) is 4.47. The van der Waals surface area contributed by atoms with Crippen molar-refractivity contribution in [3.05, 3.63) is 58.8 Å². The van der Waals surface area contributed by atoms with Crippen molar-refractivity contribution in [2.45, 2.75) is 62.9 Å². The molecule has 14 nitrogen and oxygen atoms in total.